The number of halogens is 3. The van der Waals surface area contributed by atoms with E-state index in [-0.39, 0.29) is 5.41 Å². The van der Waals surface area contributed by atoms with Crippen LogP contribution in [0.1, 0.15) is 36.3 Å². The van der Waals surface area contributed by atoms with E-state index in [1.165, 1.54) is 18.5 Å². The average molecular weight is 475 g/mol. The zero-order chi connectivity index (χ0) is 23.1. The van der Waals surface area contributed by atoms with Crippen LogP contribution >= 0.6 is 11.8 Å². The summed E-state index contributed by atoms with van der Waals surface area (Å²) in [5, 5.41) is 9.41. The molecule has 1 saturated heterocycles. The number of likely N-dealkylation sites (tertiary alicyclic amines) is 1. The maximum atomic E-state index is 12.8. The van der Waals surface area contributed by atoms with E-state index < -0.39 is 11.7 Å². The predicted molar refractivity (Wildman–Crippen MR) is 120 cm³/mol. The third-order valence-electron chi connectivity index (χ3n) is 6.79. The van der Waals surface area contributed by atoms with Crippen LogP contribution in [0, 0.1) is 5.41 Å². The molecule has 2 atom stereocenters. The van der Waals surface area contributed by atoms with Crippen molar-refractivity contribution in [1.29, 1.82) is 0 Å². The summed E-state index contributed by atoms with van der Waals surface area (Å²) in [5.41, 5.74) is 1.48. The molecular weight excluding hydrogens is 449 g/mol. The molecule has 3 aromatic rings. The Kier molecular flexibility index (Phi) is 5.90. The lowest BCUT2D eigenvalue weighted by atomic mass is 9.97. The third-order valence-corrected chi connectivity index (χ3v) is 7.90. The fraction of sp³-hybridized carbons (Fsp3) is 0.478. The van der Waals surface area contributed by atoms with Gasteiger partial charge in [0.1, 0.15) is 12.0 Å². The number of rotatable bonds is 7. The minimum absolute atomic E-state index is 0.253. The molecule has 0 radical (unpaired) electrons. The Morgan fingerprint density at radius 1 is 1.15 bits per heavy atom. The molecule has 0 bridgehead atoms. The highest BCUT2D eigenvalue weighted by Gasteiger charge is 2.57. The minimum atomic E-state index is -4.27. The number of aromatic nitrogens is 5. The molecule has 1 spiro atoms. The summed E-state index contributed by atoms with van der Waals surface area (Å²) < 4.78 is 40.4. The molecule has 0 unspecified atom stereocenters. The van der Waals surface area contributed by atoms with Gasteiger partial charge < -0.3 is 9.47 Å². The Hall–Kier alpha value is -2.46. The zero-order valence-electron chi connectivity index (χ0n) is 18.3. The first kappa shape index (κ1) is 22.3. The normalized spacial score (nSPS) is 22.8. The molecule has 174 valence electrons. The van der Waals surface area contributed by atoms with E-state index in [1.807, 2.05) is 17.7 Å². The van der Waals surface area contributed by atoms with Gasteiger partial charge in [-0.25, -0.2) is 9.97 Å². The molecule has 33 heavy (non-hydrogen) atoms. The van der Waals surface area contributed by atoms with Crippen molar-refractivity contribution < 1.29 is 13.2 Å². The summed E-state index contributed by atoms with van der Waals surface area (Å²) >= 11 is 1.69. The highest BCUT2D eigenvalue weighted by Crippen LogP contribution is 2.64. The molecule has 2 fully saturated rings. The molecule has 2 aromatic heterocycles. The van der Waals surface area contributed by atoms with Gasteiger partial charge in [0.25, 0.3) is 0 Å². The number of hydrogen-bond donors (Lipinski definition) is 0. The van der Waals surface area contributed by atoms with Crippen LogP contribution in [0.2, 0.25) is 0 Å². The predicted octanol–water partition coefficient (Wildman–Crippen LogP) is 4.65. The van der Waals surface area contributed by atoms with Crippen LogP contribution in [-0.4, -0.2) is 55.0 Å². The van der Waals surface area contributed by atoms with Gasteiger partial charge in [0.15, 0.2) is 11.0 Å². The van der Waals surface area contributed by atoms with Crippen molar-refractivity contribution in [2.24, 2.45) is 12.5 Å². The van der Waals surface area contributed by atoms with Gasteiger partial charge >= 0.3 is 6.18 Å². The van der Waals surface area contributed by atoms with Crippen molar-refractivity contribution in [3.05, 3.63) is 54.0 Å². The van der Waals surface area contributed by atoms with Crippen LogP contribution < -0.4 is 0 Å². The van der Waals surface area contributed by atoms with Crippen LogP contribution in [0.3, 0.4) is 0 Å². The number of thioether (sulfide) groups is 1. The SMILES string of the molecule is Cn1c(SCCCN2CC[C@]3(C[C@H]3c3ccc(C(F)(F)F)cc3)C2)nnc1-c1ccncn1. The Morgan fingerprint density at radius 3 is 2.70 bits per heavy atom. The second kappa shape index (κ2) is 8.72. The summed E-state index contributed by atoms with van der Waals surface area (Å²) in [5.74, 6) is 2.06. The first-order valence-electron chi connectivity index (χ1n) is 11.0. The molecule has 0 amide bonds. The minimum Gasteiger partial charge on any atom is -0.304 e. The lowest BCUT2D eigenvalue weighted by Gasteiger charge is -2.16. The number of hydrogen-bond acceptors (Lipinski definition) is 6. The van der Waals surface area contributed by atoms with Crippen LogP contribution in [-0.2, 0) is 13.2 Å². The topological polar surface area (TPSA) is 59.7 Å². The number of alkyl halides is 3. The van der Waals surface area contributed by atoms with E-state index >= 15 is 0 Å². The molecule has 5 rings (SSSR count). The summed E-state index contributed by atoms with van der Waals surface area (Å²) in [6, 6.07) is 7.58. The van der Waals surface area contributed by atoms with E-state index in [9.17, 15) is 13.2 Å². The summed E-state index contributed by atoms with van der Waals surface area (Å²) in [7, 11) is 1.94. The van der Waals surface area contributed by atoms with Gasteiger partial charge in [0.2, 0.25) is 0 Å². The molecule has 1 saturated carbocycles. The second-order valence-corrected chi connectivity index (χ2v) is 9.99. The summed E-state index contributed by atoms with van der Waals surface area (Å²) in [6.45, 7) is 3.11. The van der Waals surface area contributed by atoms with E-state index in [4.69, 9.17) is 0 Å². The summed E-state index contributed by atoms with van der Waals surface area (Å²) in [4.78, 5) is 10.7. The quantitative estimate of drug-likeness (QED) is 0.367. The highest BCUT2D eigenvalue weighted by molar-refractivity contribution is 7.99. The smallest absolute Gasteiger partial charge is 0.304 e. The van der Waals surface area contributed by atoms with Gasteiger partial charge in [0, 0.05) is 25.5 Å². The van der Waals surface area contributed by atoms with Crippen molar-refractivity contribution in [3.63, 3.8) is 0 Å². The van der Waals surface area contributed by atoms with Crippen molar-refractivity contribution in [2.75, 3.05) is 25.4 Å². The Labute approximate surface area is 194 Å². The van der Waals surface area contributed by atoms with E-state index in [0.717, 1.165) is 66.9 Å². The molecule has 3 heterocycles. The van der Waals surface area contributed by atoms with Gasteiger partial charge in [-0.1, -0.05) is 23.9 Å². The molecule has 2 aliphatic rings. The maximum absolute atomic E-state index is 12.8. The van der Waals surface area contributed by atoms with E-state index in [2.05, 4.69) is 25.1 Å². The van der Waals surface area contributed by atoms with Gasteiger partial charge in [-0.15, -0.1) is 10.2 Å². The van der Waals surface area contributed by atoms with Crippen LogP contribution in [0.4, 0.5) is 13.2 Å². The number of benzene rings is 1. The Morgan fingerprint density at radius 2 is 1.97 bits per heavy atom. The van der Waals surface area contributed by atoms with Crippen LogP contribution in [0.25, 0.3) is 11.5 Å². The molecule has 6 nitrogen and oxygen atoms in total. The fourth-order valence-corrected chi connectivity index (χ4v) is 5.72. The Balaban J connectivity index is 1.09. The Bertz CT molecular complexity index is 1100. The monoisotopic (exact) mass is 474 g/mol. The maximum Gasteiger partial charge on any atom is 0.416 e. The molecule has 1 aliphatic carbocycles. The lowest BCUT2D eigenvalue weighted by molar-refractivity contribution is -0.137. The zero-order valence-corrected chi connectivity index (χ0v) is 19.1. The van der Waals surface area contributed by atoms with Crippen molar-refractivity contribution in [2.45, 2.75) is 36.5 Å². The fourth-order valence-electron chi connectivity index (χ4n) is 4.89. The first-order chi connectivity index (χ1) is 15.9. The van der Waals surface area contributed by atoms with E-state index in [1.54, 1.807) is 30.1 Å². The standard InChI is InChI=1S/C23H25F3N6S/c1-31-20(19-7-9-27-15-28-19)29-30-21(31)33-12-2-10-32-11-8-22(14-32)13-18(22)16-3-5-17(6-4-16)23(24,25)26/h3-7,9,15,18H,2,8,10-14H2,1H3/t18-,22-/m0/s1. The second-order valence-electron chi connectivity index (χ2n) is 8.93. The van der Waals surface area contributed by atoms with Gasteiger partial charge in [0.05, 0.1) is 5.56 Å². The van der Waals surface area contributed by atoms with Gasteiger partial charge in [-0.2, -0.15) is 13.2 Å². The van der Waals surface area contributed by atoms with E-state index in [0.29, 0.717) is 5.92 Å². The van der Waals surface area contributed by atoms with Gasteiger partial charge in [-0.05, 0) is 67.4 Å². The highest BCUT2D eigenvalue weighted by atomic mass is 32.2. The molecular formula is C23H25F3N6S. The van der Waals surface area contributed by atoms with Crippen LogP contribution in [0.15, 0.2) is 48.0 Å². The lowest BCUT2D eigenvalue weighted by Crippen LogP contribution is -2.23. The molecule has 1 aromatic carbocycles. The van der Waals surface area contributed by atoms with Gasteiger partial charge in [-0.3, -0.25) is 0 Å². The molecule has 1 aliphatic heterocycles. The van der Waals surface area contributed by atoms with Crippen molar-refractivity contribution >= 4 is 11.8 Å². The first-order valence-corrected chi connectivity index (χ1v) is 12.0. The number of nitrogens with zero attached hydrogens (tertiary/aromatic N) is 6. The van der Waals surface area contributed by atoms with Crippen molar-refractivity contribution in [1.82, 2.24) is 29.6 Å². The van der Waals surface area contributed by atoms with Crippen LogP contribution in [0.5, 0.6) is 0 Å². The van der Waals surface area contributed by atoms with Crippen molar-refractivity contribution in [3.8, 4) is 11.5 Å². The summed E-state index contributed by atoms with van der Waals surface area (Å²) in [6.07, 6.45) is 2.16. The molecule has 10 heteroatoms. The average Bonchev–Trinajstić information content (AvgIpc) is 3.15. The third kappa shape index (κ3) is 4.63. The largest absolute Gasteiger partial charge is 0.416 e. The molecule has 0 N–H and O–H groups in total.